The quantitative estimate of drug-likeness (QED) is 0.610. The zero-order valence-corrected chi connectivity index (χ0v) is 19.5. The van der Waals surface area contributed by atoms with Crippen molar-refractivity contribution in [1.29, 1.82) is 0 Å². The Hall–Kier alpha value is -2.34. The summed E-state index contributed by atoms with van der Waals surface area (Å²) in [6.07, 6.45) is 7.73. The summed E-state index contributed by atoms with van der Waals surface area (Å²) in [6, 6.07) is 8.68. The molecule has 0 aromatic heterocycles. The Kier molecular flexibility index (Phi) is 7.51. The lowest BCUT2D eigenvalue weighted by atomic mass is 9.89. The van der Waals surface area contributed by atoms with Crippen molar-refractivity contribution in [2.24, 2.45) is 5.92 Å². The molecule has 1 atom stereocenters. The van der Waals surface area contributed by atoms with Crippen LogP contribution in [-0.2, 0) is 13.0 Å². The number of methoxy groups -OCH3 is 1. The van der Waals surface area contributed by atoms with E-state index in [1.165, 1.54) is 11.1 Å². The Morgan fingerprint density at radius 2 is 1.84 bits per heavy atom. The molecule has 0 saturated carbocycles. The molecule has 2 heterocycles. The molecule has 2 aromatic carbocycles. The first-order valence-corrected chi connectivity index (χ1v) is 11.8. The van der Waals surface area contributed by atoms with Crippen LogP contribution in [-0.4, -0.2) is 38.5 Å². The molecule has 172 valence electrons. The topological polar surface area (TPSA) is 62.8 Å². The van der Waals surface area contributed by atoms with E-state index in [1.54, 1.807) is 7.11 Å². The van der Waals surface area contributed by atoms with Crippen LogP contribution in [0.1, 0.15) is 52.3 Å². The highest BCUT2D eigenvalue weighted by molar-refractivity contribution is 5.61. The third-order valence-electron chi connectivity index (χ3n) is 6.82. The van der Waals surface area contributed by atoms with E-state index in [-0.39, 0.29) is 12.6 Å². The number of rotatable bonds is 7. The number of nitrogens with one attached hydrogen (secondary N) is 2. The largest absolute Gasteiger partial charge is 0.493 e. The molecule has 2 aliphatic rings. The molecule has 1 saturated heterocycles. The fourth-order valence-corrected chi connectivity index (χ4v) is 4.74. The smallest absolute Gasteiger partial charge is 0.161 e. The first-order valence-electron chi connectivity index (χ1n) is 11.8. The SMILES string of the molecule is COc1cc(C)c(/C=C/C2NCCc3cc(C)c(CO)cc32)cc1OCC1CCNCC1. The van der Waals surface area contributed by atoms with Gasteiger partial charge in [-0.15, -0.1) is 0 Å². The van der Waals surface area contributed by atoms with Crippen LogP contribution in [0.15, 0.2) is 30.3 Å². The molecule has 5 nitrogen and oxygen atoms in total. The molecular formula is C27H36N2O3. The predicted molar refractivity (Wildman–Crippen MR) is 129 cm³/mol. The molecule has 0 spiro atoms. The van der Waals surface area contributed by atoms with Gasteiger partial charge in [-0.05, 0) is 97.6 Å². The summed E-state index contributed by atoms with van der Waals surface area (Å²) in [4.78, 5) is 0. The van der Waals surface area contributed by atoms with E-state index in [0.717, 1.165) is 79.3 Å². The Morgan fingerprint density at radius 3 is 2.59 bits per heavy atom. The first-order chi connectivity index (χ1) is 15.6. The monoisotopic (exact) mass is 436 g/mol. The van der Waals surface area contributed by atoms with Gasteiger partial charge in [-0.3, -0.25) is 0 Å². The third-order valence-corrected chi connectivity index (χ3v) is 6.82. The zero-order valence-electron chi connectivity index (χ0n) is 19.5. The van der Waals surface area contributed by atoms with E-state index in [4.69, 9.17) is 9.47 Å². The summed E-state index contributed by atoms with van der Waals surface area (Å²) in [6.45, 7) is 8.07. The van der Waals surface area contributed by atoms with Crippen LogP contribution >= 0.6 is 0 Å². The number of benzene rings is 2. The number of aliphatic hydroxyl groups is 1. The van der Waals surface area contributed by atoms with Crippen molar-refractivity contribution in [3.63, 3.8) is 0 Å². The lowest BCUT2D eigenvalue weighted by Crippen LogP contribution is -2.30. The summed E-state index contributed by atoms with van der Waals surface area (Å²) in [5, 5.41) is 16.7. The number of ether oxygens (including phenoxy) is 2. The van der Waals surface area contributed by atoms with E-state index in [9.17, 15) is 5.11 Å². The molecule has 0 aliphatic carbocycles. The van der Waals surface area contributed by atoms with E-state index in [1.807, 2.05) is 0 Å². The van der Waals surface area contributed by atoms with E-state index in [0.29, 0.717) is 5.92 Å². The average Bonchev–Trinajstić information content (AvgIpc) is 2.82. The van der Waals surface area contributed by atoms with Gasteiger partial charge >= 0.3 is 0 Å². The standard InChI is InChI=1S/C27H36N2O3/c1-18-12-22-8-11-29-25(24(22)14-23(18)16-30)5-4-21-15-27(26(31-3)13-19(21)2)32-17-20-6-9-28-10-7-20/h4-5,12-15,20,25,28-30H,6-11,16-17H2,1-3H3/b5-4+. The normalized spacial score (nSPS) is 19.2. The average molecular weight is 437 g/mol. The Labute approximate surface area is 191 Å². The van der Waals surface area contributed by atoms with E-state index < -0.39 is 0 Å². The lowest BCUT2D eigenvalue weighted by Gasteiger charge is -2.26. The number of aryl methyl sites for hydroxylation is 2. The third kappa shape index (κ3) is 5.17. The second-order valence-corrected chi connectivity index (χ2v) is 9.04. The van der Waals surface area contributed by atoms with Crippen LogP contribution in [0.5, 0.6) is 11.5 Å². The van der Waals surface area contributed by atoms with Gasteiger partial charge in [0.2, 0.25) is 0 Å². The van der Waals surface area contributed by atoms with E-state index in [2.05, 4.69) is 60.9 Å². The van der Waals surface area contributed by atoms with Crippen molar-refractivity contribution in [1.82, 2.24) is 10.6 Å². The number of piperidine rings is 1. The number of aliphatic hydroxyl groups excluding tert-OH is 1. The molecule has 3 N–H and O–H groups in total. The lowest BCUT2D eigenvalue weighted by molar-refractivity contribution is 0.208. The van der Waals surface area contributed by atoms with Gasteiger partial charge < -0.3 is 25.2 Å². The molecule has 2 aromatic rings. The highest BCUT2D eigenvalue weighted by Gasteiger charge is 2.20. The Morgan fingerprint density at radius 1 is 1.03 bits per heavy atom. The molecular weight excluding hydrogens is 400 g/mol. The van der Waals surface area contributed by atoms with Crippen molar-refractivity contribution in [3.05, 3.63) is 63.7 Å². The first kappa shape index (κ1) is 22.8. The van der Waals surface area contributed by atoms with Crippen molar-refractivity contribution in [2.75, 3.05) is 33.4 Å². The fourth-order valence-electron chi connectivity index (χ4n) is 4.74. The van der Waals surface area contributed by atoms with Crippen LogP contribution in [0.4, 0.5) is 0 Å². The van der Waals surface area contributed by atoms with E-state index >= 15 is 0 Å². The van der Waals surface area contributed by atoms with Gasteiger partial charge in [0, 0.05) is 6.54 Å². The van der Waals surface area contributed by atoms with Crippen LogP contribution in [0.2, 0.25) is 0 Å². The number of fused-ring (bicyclic) bond motifs is 1. The molecule has 1 unspecified atom stereocenters. The second kappa shape index (κ2) is 10.5. The maximum atomic E-state index is 9.71. The minimum Gasteiger partial charge on any atom is -0.493 e. The van der Waals surface area contributed by atoms with Gasteiger partial charge in [0.25, 0.3) is 0 Å². The summed E-state index contributed by atoms with van der Waals surface area (Å²) in [5.41, 5.74) is 7.08. The summed E-state index contributed by atoms with van der Waals surface area (Å²) in [5.74, 6) is 2.19. The summed E-state index contributed by atoms with van der Waals surface area (Å²) < 4.78 is 11.8. The molecule has 32 heavy (non-hydrogen) atoms. The van der Waals surface area contributed by atoms with Gasteiger partial charge in [-0.2, -0.15) is 0 Å². The molecule has 0 radical (unpaired) electrons. The predicted octanol–water partition coefficient (Wildman–Crippen LogP) is 4.08. The van der Waals surface area contributed by atoms with Crippen LogP contribution in [0, 0.1) is 19.8 Å². The fraction of sp³-hybridized carbons (Fsp3) is 0.481. The second-order valence-electron chi connectivity index (χ2n) is 9.04. The molecule has 5 heteroatoms. The van der Waals surface area contributed by atoms with Gasteiger partial charge in [0.05, 0.1) is 26.4 Å². The molecule has 4 rings (SSSR count). The Bertz CT molecular complexity index is 964. The number of hydrogen-bond acceptors (Lipinski definition) is 5. The van der Waals surface area contributed by atoms with Gasteiger partial charge in [-0.25, -0.2) is 0 Å². The van der Waals surface area contributed by atoms with Crippen LogP contribution < -0.4 is 20.1 Å². The molecule has 2 aliphatic heterocycles. The van der Waals surface area contributed by atoms with Gasteiger partial charge in [0.15, 0.2) is 11.5 Å². The molecule has 1 fully saturated rings. The van der Waals surface area contributed by atoms with Crippen molar-refractivity contribution in [2.45, 2.75) is 45.8 Å². The van der Waals surface area contributed by atoms with Crippen molar-refractivity contribution >= 4 is 6.08 Å². The van der Waals surface area contributed by atoms with Crippen molar-refractivity contribution in [3.8, 4) is 11.5 Å². The summed E-state index contributed by atoms with van der Waals surface area (Å²) >= 11 is 0. The number of hydrogen-bond donors (Lipinski definition) is 3. The van der Waals surface area contributed by atoms with Crippen LogP contribution in [0.25, 0.3) is 6.08 Å². The van der Waals surface area contributed by atoms with Crippen LogP contribution in [0.3, 0.4) is 0 Å². The highest BCUT2D eigenvalue weighted by Crippen LogP contribution is 2.33. The summed E-state index contributed by atoms with van der Waals surface area (Å²) in [7, 11) is 1.70. The molecule has 0 amide bonds. The maximum absolute atomic E-state index is 9.71. The minimum absolute atomic E-state index is 0.0743. The zero-order chi connectivity index (χ0) is 22.5. The van der Waals surface area contributed by atoms with Crippen molar-refractivity contribution < 1.29 is 14.6 Å². The molecule has 0 bridgehead atoms. The van der Waals surface area contributed by atoms with Gasteiger partial charge in [0.1, 0.15) is 0 Å². The maximum Gasteiger partial charge on any atom is 0.161 e. The highest BCUT2D eigenvalue weighted by atomic mass is 16.5. The Balaban J connectivity index is 1.55. The minimum atomic E-state index is 0.0743. The van der Waals surface area contributed by atoms with Gasteiger partial charge in [-0.1, -0.05) is 24.3 Å².